The highest BCUT2D eigenvalue weighted by Gasteiger charge is 2.67. The predicted octanol–water partition coefficient (Wildman–Crippen LogP) is 5.18. The minimum atomic E-state index is -2.66. The van der Waals surface area contributed by atoms with Crippen molar-refractivity contribution in [3.63, 3.8) is 0 Å². The summed E-state index contributed by atoms with van der Waals surface area (Å²) in [5, 5.41) is 0. The van der Waals surface area contributed by atoms with Crippen molar-refractivity contribution < 1.29 is 22.5 Å². The summed E-state index contributed by atoms with van der Waals surface area (Å²) in [5.74, 6) is -0.144. The van der Waals surface area contributed by atoms with Crippen LogP contribution in [0.4, 0.5) is 0 Å². The number of hydrogen-bond acceptors (Lipinski definition) is 5. The highest BCUT2D eigenvalue weighted by atomic mass is 28.5. The van der Waals surface area contributed by atoms with E-state index < -0.39 is 22.7 Å². The molecule has 2 aliphatic heterocycles. The molecule has 0 amide bonds. The van der Waals surface area contributed by atoms with E-state index in [1.807, 2.05) is 0 Å². The van der Waals surface area contributed by atoms with E-state index in [9.17, 15) is 4.79 Å². The van der Waals surface area contributed by atoms with Gasteiger partial charge >= 0.3 is 23.1 Å². The van der Waals surface area contributed by atoms with Crippen molar-refractivity contribution in [3.05, 3.63) is 0 Å². The van der Waals surface area contributed by atoms with Gasteiger partial charge in [0, 0.05) is 0 Å². The molecule has 0 aromatic carbocycles. The maximum absolute atomic E-state index is 12.4. The molecule has 1 aliphatic carbocycles. The van der Waals surface area contributed by atoms with Crippen LogP contribution in [0.25, 0.3) is 0 Å². The lowest BCUT2D eigenvalue weighted by molar-refractivity contribution is -0.163. The fourth-order valence-electron chi connectivity index (χ4n) is 5.49. The van der Waals surface area contributed by atoms with Gasteiger partial charge in [0.05, 0.1) is 12.5 Å². The molecule has 0 unspecified atom stereocenters. The number of rotatable bonds is 4. The van der Waals surface area contributed by atoms with Gasteiger partial charge in [0.2, 0.25) is 0 Å². The van der Waals surface area contributed by atoms with Crippen LogP contribution in [0.1, 0.15) is 81.1 Å². The molecule has 5 nitrogen and oxygen atoms in total. The molecule has 3 aliphatic rings. The van der Waals surface area contributed by atoms with Crippen molar-refractivity contribution in [3.8, 4) is 0 Å². The number of esters is 1. The molecular weight excluding hydrogens is 376 g/mol. The SMILES string of the molecule is CC(C)[Si]1(C(C)C)O[C@H]2CCC[C@]23OC(=O)C[C@@H]3O[Si](C(C)C)(C(C)C)O1. The number of hydrogen-bond donors (Lipinski definition) is 0. The van der Waals surface area contributed by atoms with Gasteiger partial charge in [0.25, 0.3) is 0 Å². The fraction of sp³-hybridized carbons (Fsp3) is 0.950. The van der Waals surface area contributed by atoms with Gasteiger partial charge in [0.1, 0.15) is 6.10 Å². The minimum absolute atomic E-state index is 0.100. The fourth-order valence-corrected chi connectivity index (χ4v) is 16.9. The second-order valence-electron chi connectivity index (χ2n) is 9.90. The van der Waals surface area contributed by atoms with Gasteiger partial charge in [-0.05, 0) is 41.4 Å². The van der Waals surface area contributed by atoms with Gasteiger partial charge in [0.15, 0.2) is 5.60 Å². The zero-order chi connectivity index (χ0) is 20.2. The van der Waals surface area contributed by atoms with Gasteiger partial charge in [-0.2, -0.15) is 0 Å². The Bertz CT molecular complexity index is 561. The van der Waals surface area contributed by atoms with Crippen LogP contribution < -0.4 is 0 Å². The Hall–Kier alpha value is -0.216. The standard InChI is InChI=1S/C20H38O5Si2/c1-13(2)26(14(3)4)23-17-10-9-11-20(17)18(12-19(21)22-20)24-27(25-26,15(5)6)16(7)8/h13-18H,9-12H2,1-8H3/t17-,18-,20-/m0/s1. The van der Waals surface area contributed by atoms with Crippen molar-refractivity contribution in [1.29, 1.82) is 0 Å². The Kier molecular flexibility index (Phi) is 5.76. The average Bonchev–Trinajstić information content (AvgIpc) is 3.06. The Morgan fingerprint density at radius 1 is 0.852 bits per heavy atom. The molecule has 7 heteroatoms. The molecule has 3 fully saturated rings. The number of carbonyl (C=O) groups excluding carboxylic acids is 1. The molecule has 27 heavy (non-hydrogen) atoms. The topological polar surface area (TPSA) is 54.0 Å². The summed E-state index contributed by atoms with van der Waals surface area (Å²) in [5.41, 5.74) is 0.547. The van der Waals surface area contributed by atoms with Gasteiger partial charge in [-0.3, -0.25) is 4.79 Å². The highest BCUT2D eigenvalue weighted by Crippen LogP contribution is 2.54. The van der Waals surface area contributed by atoms with Crippen LogP contribution in [-0.4, -0.2) is 40.9 Å². The molecule has 0 aromatic rings. The van der Waals surface area contributed by atoms with Gasteiger partial charge < -0.3 is 17.7 Å². The van der Waals surface area contributed by atoms with E-state index in [1.54, 1.807) is 0 Å². The summed E-state index contributed by atoms with van der Waals surface area (Å²) >= 11 is 0. The quantitative estimate of drug-likeness (QED) is 0.468. The smallest absolute Gasteiger partial charge is 0.335 e. The molecule has 1 saturated carbocycles. The first kappa shape index (κ1) is 21.5. The Balaban J connectivity index is 2.17. The van der Waals surface area contributed by atoms with E-state index in [0.29, 0.717) is 17.5 Å². The molecule has 2 saturated heterocycles. The lowest BCUT2D eigenvalue weighted by atomic mass is 9.93. The second-order valence-corrected chi connectivity index (χ2v) is 18.7. The van der Waals surface area contributed by atoms with Crippen molar-refractivity contribution >= 4 is 23.1 Å². The third-order valence-corrected chi connectivity index (χ3v) is 17.3. The maximum Gasteiger partial charge on any atom is 0.335 e. The van der Waals surface area contributed by atoms with Gasteiger partial charge in [-0.25, -0.2) is 0 Å². The number of carbonyl (C=O) groups is 1. The summed E-state index contributed by atoms with van der Waals surface area (Å²) < 4.78 is 27.3. The van der Waals surface area contributed by atoms with Crippen LogP contribution in [0.5, 0.6) is 0 Å². The summed E-state index contributed by atoms with van der Waals surface area (Å²) in [6, 6.07) is 0. The largest absolute Gasteiger partial charge is 0.454 e. The third kappa shape index (κ3) is 3.17. The van der Waals surface area contributed by atoms with E-state index in [4.69, 9.17) is 17.7 Å². The molecule has 0 radical (unpaired) electrons. The van der Waals surface area contributed by atoms with Crippen LogP contribution in [0.15, 0.2) is 0 Å². The molecule has 3 rings (SSSR count). The maximum atomic E-state index is 12.4. The molecular formula is C20H38O5Si2. The van der Waals surface area contributed by atoms with Crippen LogP contribution in [0.2, 0.25) is 22.2 Å². The Labute approximate surface area is 167 Å². The van der Waals surface area contributed by atoms with Crippen LogP contribution in [0, 0.1) is 0 Å². The molecule has 0 bridgehead atoms. The van der Waals surface area contributed by atoms with Crippen molar-refractivity contribution in [1.82, 2.24) is 0 Å². The Morgan fingerprint density at radius 2 is 1.33 bits per heavy atom. The third-order valence-electron chi connectivity index (χ3n) is 6.97. The van der Waals surface area contributed by atoms with E-state index in [1.165, 1.54) is 0 Å². The molecule has 1 spiro atoms. The van der Waals surface area contributed by atoms with Crippen LogP contribution in [0.3, 0.4) is 0 Å². The normalized spacial score (nSPS) is 35.3. The second kappa shape index (κ2) is 7.24. The van der Waals surface area contributed by atoms with E-state index in [2.05, 4.69) is 55.4 Å². The predicted molar refractivity (Wildman–Crippen MR) is 110 cm³/mol. The zero-order valence-corrected chi connectivity index (χ0v) is 20.3. The summed E-state index contributed by atoms with van der Waals surface area (Å²) in [7, 11) is -5.27. The van der Waals surface area contributed by atoms with E-state index in [0.717, 1.165) is 19.3 Å². The van der Waals surface area contributed by atoms with Crippen LogP contribution in [-0.2, 0) is 22.5 Å². The van der Waals surface area contributed by atoms with Crippen molar-refractivity contribution in [2.24, 2.45) is 0 Å². The van der Waals surface area contributed by atoms with Crippen molar-refractivity contribution in [2.45, 2.75) is 121 Å². The number of ether oxygens (including phenoxy) is 1. The molecule has 0 aromatic heterocycles. The minimum Gasteiger partial charge on any atom is -0.454 e. The van der Waals surface area contributed by atoms with Gasteiger partial charge in [-0.15, -0.1) is 0 Å². The lowest BCUT2D eigenvalue weighted by Crippen LogP contribution is -2.68. The summed E-state index contributed by atoms with van der Waals surface area (Å²) in [6.07, 6.45) is 2.76. The highest BCUT2D eigenvalue weighted by molar-refractivity contribution is 6.84. The summed E-state index contributed by atoms with van der Waals surface area (Å²) in [4.78, 5) is 12.4. The molecule has 2 heterocycles. The van der Waals surface area contributed by atoms with E-state index >= 15 is 0 Å². The zero-order valence-electron chi connectivity index (χ0n) is 18.3. The van der Waals surface area contributed by atoms with Crippen molar-refractivity contribution in [2.75, 3.05) is 0 Å². The monoisotopic (exact) mass is 414 g/mol. The van der Waals surface area contributed by atoms with Gasteiger partial charge in [-0.1, -0.05) is 55.4 Å². The molecule has 3 atom stereocenters. The van der Waals surface area contributed by atoms with Crippen LogP contribution >= 0.6 is 0 Å². The summed E-state index contributed by atoms with van der Waals surface area (Å²) in [6.45, 7) is 17.8. The van der Waals surface area contributed by atoms with E-state index in [-0.39, 0.29) is 29.3 Å². The lowest BCUT2D eigenvalue weighted by Gasteiger charge is -2.54. The first-order valence-electron chi connectivity index (χ1n) is 10.8. The molecule has 0 N–H and O–H groups in total. The first-order chi connectivity index (χ1) is 12.5. The Morgan fingerprint density at radius 3 is 1.81 bits per heavy atom. The average molecular weight is 415 g/mol. The first-order valence-corrected chi connectivity index (χ1v) is 14.7. The molecule has 156 valence electrons.